The number of aliphatic carboxylic acids is 1. The van der Waals surface area contributed by atoms with Crippen LogP contribution in [0.3, 0.4) is 0 Å². The van der Waals surface area contributed by atoms with Crippen molar-refractivity contribution < 1.29 is 62.8 Å². The number of anilines is 2. The normalized spacial score (nSPS) is 18.0. The smallest absolute Gasteiger partial charge is 0.409 e. The molecule has 6 heterocycles. The van der Waals surface area contributed by atoms with E-state index in [0.717, 1.165) is 11.1 Å². The fourth-order valence-electron chi connectivity index (χ4n) is 10.1. The molecule has 2 aromatic heterocycles. The van der Waals surface area contributed by atoms with Gasteiger partial charge in [-0.05, 0) is 63.8 Å². The minimum atomic E-state index is -1.20. The first kappa shape index (κ1) is 54.4. The van der Waals surface area contributed by atoms with Gasteiger partial charge in [0.05, 0.1) is 36.9 Å². The summed E-state index contributed by atoms with van der Waals surface area (Å²) in [5, 5.41) is 26.9. The number of fused-ring (bicyclic) bond motifs is 2. The van der Waals surface area contributed by atoms with E-state index in [-0.39, 0.29) is 109 Å². The van der Waals surface area contributed by atoms with Gasteiger partial charge in [0.1, 0.15) is 29.6 Å². The van der Waals surface area contributed by atoms with Crippen molar-refractivity contribution in [3.05, 3.63) is 72.1 Å². The Hall–Kier alpha value is -7.82. The zero-order valence-corrected chi connectivity index (χ0v) is 42.9. The fraction of sp³-hybridized carbons (Fsp3) is 0.509. The number of aliphatic hydroxyl groups is 1. The van der Waals surface area contributed by atoms with Crippen molar-refractivity contribution in [3.63, 3.8) is 0 Å². The molecule has 406 valence electrons. The van der Waals surface area contributed by atoms with Gasteiger partial charge in [0.2, 0.25) is 11.8 Å². The van der Waals surface area contributed by atoms with E-state index < -0.39 is 72.0 Å². The summed E-state index contributed by atoms with van der Waals surface area (Å²) < 4.78 is 16.2. The largest absolute Gasteiger partial charge is 0.481 e. The third kappa shape index (κ3) is 13.3. The van der Waals surface area contributed by atoms with E-state index in [2.05, 4.69) is 25.5 Å². The van der Waals surface area contributed by atoms with Gasteiger partial charge in [-0.15, -0.1) is 0 Å². The van der Waals surface area contributed by atoms with Gasteiger partial charge in [0.15, 0.2) is 0 Å². The van der Waals surface area contributed by atoms with Crippen LogP contribution in [0.5, 0.6) is 0 Å². The standard InChI is InChI=1S/C53H66N10O13/c1-3-74-52(72)61-27-23-59(24-28-61)50(70)40(13-15-46(65)66)56-49(69)43-32-45(37-10-6-8-12-39(37)55-43)63-22-19-35(33-63)76-47(67)16-14-41(51(71)60-25-29-62(30-26-60)53(73)75-4-2)57-48(68)42-31-44(58-20-17-34(64)18-21-58)36-9-5-7-11-38(36)54-42/h5-12,31-32,34-35,40-41,64H,3-4,13-30,33H2,1-2H3,(H,56,69)(H,57,68)(H,65,66). The van der Waals surface area contributed by atoms with Crippen LogP contribution in [0.2, 0.25) is 0 Å². The number of benzene rings is 2. The maximum Gasteiger partial charge on any atom is 0.409 e. The Morgan fingerprint density at radius 1 is 0.592 bits per heavy atom. The summed E-state index contributed by atoms with van der Waals surface area (Å²) in [6.45, 7) is 7.20. The van der Waals surface area contributed by atoms with Crippen LogP contribution in [-0.2, 0) is 33.4 Å². The molecule has 8 rings (SSSR count). The summed E-state index contributed by atoms with van der Waals surface area (Å²) in [7, 11) is 0. The number of piperazine rings is 2. The third-order valence-electron chi connectivity index (χ3n) is 14.2. The van der Waals surface area contributed by atoms with Gasteiger partial charge < -0.3 is 64.5 Å². The second-order valence-corrected chi connectivity index (χ2v) is 19.2. The molecule has 4 fully saturated rings. The van der Waals surface area contributed by atoms with Crippen molar-refractivity contribution in [2.75, 3.05) is 102 Å². The molecular weight excluding hydrogens is 985 g/mol. The first-order chi connectivity index (χ1) is 36.7. The van der Waals surface area contributed by atoms with Crippen molar-refractivity contribution in [1.29, 1.82) is 0 Å². The van der Waals surface area contributed by atoms with Crippen LogP contribution < -0.4 is 20.4 Å². The molecule has 4 aromatic rings. The molecule has 0 bridgehead atoms. The highest BCUT2D eigenvalue weighted by atomic mass is 16.6. The Labute approximate surface area is 439 Å². The lowest BCUT2D eigenvalue weighted by molar-refractivity contribution is -0.148. The van der Waals surface area contributed by atoms with Crippen LogP contribution in [0.15, 0.2) is 60.7 Å². The number of pyridine rings is 2. The number of esters is 1. The number of carbonyl (C=O) groups is 8. The highest BCUT2D eigenvalue weighted by molar-refractivity contribution is 6.03. The highest BCUT2D eigenvalue weighted by Crippen LogP contribution is 2.32. The van der Waals surface area contributed by atoms with Crippen LogP contribution in [0.1, 0.15) is 79.8 Å². The molecule has 2 aromatic carbocycles. The van der Waals surface area contributed by atoms with Gasteiger partial charge in [-0.2, -0.15) is 0 Å². The summed E-state index contributed by atoms with van der Waals surface area (Å²) in [6.07, 6.45) is -1.30. The molecule has 76 heavy (non-hydrogen) atoms. The van der Waals surface area contributed by atoms with Gasteiger partial charge in [-0.1, -0.05) is 36.4 Å². The summed E-state index contributed by atoms with van der Waals surface area (Å²) in [5.74, 6) is -3.96. The SMILES string of the molecule is CCOC(=O)N1CCN(C(=O)C(CCC(=O)OC2CCN(c3cc(C(=O)NC(CCC(=O)O)C(=O)N4CCN(C(=O)OCC)CC4)nc4ccccc34)C2)NC(=O)c2cc(N3CCC(O)CC3)c3ccccc3n2)CC1. The zero-order valence-electron chi connectivity index (χ0n) is 42.9. The predicted octanol–water partition coefficient (Wildman–Crippen LogP) is 3.01. The van der Waals surface area contributed by atoms with Crippen LogP contribution in [0, 0.1) is 0 Å². The molecule has 4 N–H and O–H groups in total. The molecule has 0 radical (unpaired) electrons. The lowest BCUT2D eigenvalue weighted by Crippen LogP contribution is -2.56. The van der Waals surface area contributed by atoms with Gasteiger partial charge in [0, 0.05) is 113 Å². The maximum absolute atomic E-state index is 14.3. The quantitative estimate of drug-likeness (QED) is 0.0874. The van der Waals surface area contributed by atoms with E-state index in [1.165, 1.54) is 14.7 Å². The number of amides is 6. The van der Waals surface area contributed by atoms with Crippen LogP contribution >= 0.6 is 0 Å². The average molecular weight is 1050 g/mol. The number of hydrogen-bond donors (Lipinski definition) is 4. The van der Waals surface area contributed by atoms with Gasteiger partial charge >= 0.3 is 24.1 Å². The number of nitrogens with zero attached hydrogens (tertiary/aromatic N) is 8. The zero-order chi connectivity index (χ0) is 53.9. The number of ether oxygens (including phenoxy) is 3. The molecule has 3 atom stereocenters. The lowest BCUT2D eigenvalue weighted by Gasteiger charge is -2.36. The maximum atomic E-state index is 14.3. The topological polar surface area (TPSA) is 274 Å². The molecular formula is C53H66N10O13. The molecule has 23 nitrogen and oxygen atoms in total. The Morgan fingerprint density at radius 3 is 1.50 bits per heavy atom. The first-order valence-corrected chi connectivity index (χ1v) is 26.1. The average Bonchev–Trinajstić information content (AvgIpc) is 3.90. The van der Waals surface area contributed by atoms with E-state index in [9.17, 15) is 48.6 Å². The number of rotatable bonds is 17. The van der Waals surface area contributed by atoms with E-state index in [0.29, 0.717) is 61.0 Å². The Bertz CT molecular complexity index is 2790. The molecule has 0 saturated carbocycles. The minimum Gasteiger partial charge on any atom is -0.481 e. The van der Waals surface area contributed by atoms with Crippen molar-refractivity contribution in [3.8, 4) is 0 Å². The van der Waals surface area contributed by atoms with Crippen molar-refractivity contribution >= 4 is 80.9 Å². The van der Waals surface area contributed by atoms with Gasteiger partial charge in [-0.3, -0.25) is 28.8 Å². The molecule has 3 unspecified atom stereocenters. The summed E-state index contributed by atoms with van der Waals surface area (Å²) >= 11 is 0. The summed E-state index contributed by atoms with van der Waals surface area (Å²) in [6, 6.07) is 15.6. The van der Waals surface area contributed by atoms with Crippen LogP contribution in [-0.4, -0.2) is 204 Å². The van der Waals surface area contributed by atoms with Gasteiger partial charge in [-0.25, -0.2) is 19.6 Å². The number of hydrogen-bond acceptors (Lipinski definition) is 16. The van der Waals surface area contributed by atoms with Crippen LogP contribution in [0.4, 0.5) is 21.0 Å². The van der Waals surface area contributed by atoms with E-state index in [4.69, 9.17) is 14.2 Å². The van der Waals surface area contributed by atoms with E-state index in [1.54, 1.807) is 49.1 Å². The Kier molecular flexibility index (Phi) is 18.0. The van der Waals surface area contributed by atoms with Crippen molar-refractivity contribution in [1.82, 2.24) is 40.2 Å². The summed E-state index contributed by atoms with van der Waals surface area (Å²) in [4.78, 5) is 126. The Balaban J connectivity index is 0.940. The highest BCUT2D eigenvalue weighted by Gasteiger charge is 2.35. The van der Waals surface area contributed by atoms with Crippen molar-refractivity contribution in [2.45, 2.75) is 83.1 Å². The monoisotopic (exact) mass is 1050 g/mol. The number of carboxylic acid groups (broad SMARTS) is 1. The number of aliphatic hydroxyl groups excluding tert-OH is 1. The number of carboxylic acids is 1. The van der Waals surface area contributed by atoms with E-state index >= 15 is 0 Å². The minimum absolute atomic E-state index is 0.0177. The third-order valence-corrected chi connectivity index (χ3v) is 14.2. The molecule has 4 aliphatic rings. The number of nitrogens with one attached hydrogen (secondary N) is 2. The van der Waals surface area contributed by atoms with Crippen LogP contribution in [0.25, 0.3) is 21.8 Å². The molecule has 0 spiro atoms. The molecule has 6 amide bonds. The lowest BCUT2D eigenvalue weighted by atomic mass is 10.0. The van der Waals surface area contributed by atoms with E-state index in [1.807, 2.05) is 35.2 Å². The second-order valence-electron chi connectivity index (χ2n) is 19.2. The van der Waals surface area contributed by atoms with Gasteiger partial charge in [0.25, 0.3) is 11.8 Å². The molecule has 4 saturated heterocycles. The number of aromatic nitrogens is 2. The number of para-hydroxylation sites is 2. The molecule has 23 heteroatoms. The first-order valence-electron chi connectivity index (χ1n) is 26.1. The fourth-order valence-corrected chi connectivity index (χ4v) is 10.1. The predicted molar refractivity (Wildman–Crippen MR) is 277 cm³/mol. The molecule has 0 aliphatic carbocycles. The number of piperidine rings is 1. The van der Waals surface area contributed by atoms with Crippen molar-refractivity contribution in [2.24, 2.45) is 0 Å². The second kappa shape index (κ2) is 25.1. The Morgan fingerprint density at radius 2 is 1.03 bits per heavy atom. The molecule has 4 aliphatic heterocycles. The number of carbonyl (C=O) groups excluding carboxylic acids is 7. The summed E-state index contributed by atoms with van der Waals surface area (Å²) in [5.41, 5.74) is 2.53.